The highest BCUT2D eigenvalue weighted by atomic mass is 32.2. The van der Waals surface area contributed by atoms with Gasteiger partial charge in [-0.25, -0.2) is 8.78 Å². The van der Waals surface area contributed by atoms with Crippen molar-refractivity contribution < 1.29 is 49.3 Å². The highest BCUT2D eigenvalue weighted by molar-refractivity contribution is 7.98. The average Bonchev–Trinajstić information content (AvgIpc) is 3.24. The summed E-state index contributed by atoms with van der Waals surface area (Å²) in [6, 6.07) is 9.76. The van der Waals surface area contributed by atoms with E-state index in [4.69, 9.17) is 15.1 Å². The van der Waals surface area contributed by atoms with Crippen molar-refractivity contribution in [1.82, 2.24) is 14.4 Å². The Bertz CT molecular complexity index is 2710. The number of piperidine rings is 1. The maximum absolute atomic E-state index is 15.2. The first-order valence-corrected chi connectivity index (χ1v) is 17.2. The van der Waals surface area contributed by atoms with E-state index in [1.54, 1.807) is 12.1 Å². The SMILES string of the molecule is [2H]c1c(C)c([2H])c2c(c1[2H])c(=O)c([2H])c(SCc1cccc(F)c1F)n2C([2H])([2H])C(=O)N(Cc1ccc(-c2ccc(C(F)(F)F)cc2)cc1)C1CCN(C([2H])([2H])C([2H])([2H])OC([2H])([2H])[2H])CC1. The molecule has 278 valence electrons. The maximum atomic E-state index is 15.2. The lowest BCUT2D eigenvalue weighted by atomic mass is 10.00. The molecule has 6 nitrogen and oxygen atoms in total. The van der Waals surface area contributed by atoms with Gasteiger partial charge in [-0.05, 0) is 72.3 Å². The fourth-order valence-electron chi connectivity index (χ4n) is 5.90. The Balaban J connectivity index is 1.46. The van der Waals surface area contributed by atoms with Gasteiger partial charge in [0.25, 0.3) is 0 Å². The lowest BCUT2D eigenvalue weighted by Gasteiger charge is -2.39. The van der Waals surface area contributed by atoms with E-state index in [2.05, 4.69) is 4.74 Å². The third kappa shape index (κ3) is 9.17. The molecular weight excluding hydrogens is 710 g/mol. The molecule has 1 aliphatic heterocycles. The van der Waals surface area contributed by atoms with Crippen LogP contribution in [0.5, 0.6) is 0 Å². The Kier molecular flexibility index (Phi) is 7.77. The Labute approximate surface area is 327 Å². The Morgan fingerprint density at radius 1 is 1.02 bits per heavy atom. The predicted octanol–water partition coefficient (Wildman–Crippen LogP) is 8.71. The summed E-state index contributed by atoms with van der Waals surface area (Å²) < 4.78 is 183. The van der Waals surface area contributed by atoms with Crippen LogP contribution >= 0.6 is 11.8 Å². The number of rotatable bonds is 12. The number of amides is 1. The molecule has 0 spiro atoms. The molecule has 4 aromatic carbocycles. The lowest BCUT2D eigenvalue weighted by molar-refractivity contribution is -0.137. The number of thioether (sulfide) groups is 1. The molecule has 0 unspecified atom stereocenters. The molecule has 1 aromatic heterocycles. The number of likely N-dealkylation sites (tertiary alicyclic amines) is 1. The Morgan fingerprint density at radius 2 is 1.72 bits per heavy atom. The molecule has 1 amide bonds. The minimum absolute atomic E-state index is 0.175. The van der Waals surface area contributed by atoms with E-state index in [1.165, 1.54) is 43.3 Å². The van der Waals surface area contributed by atoms with E-state index in [0.717, 1.165) is 28.0 Å². The molecule has 0 N–H and O–H groups in total. The Hall–Kier alpha value is -4.52. The molecule has 1 aliphatic rings. The molecule has 1 saturated heterocycles. The fraction of sp³-hybridized carbons (Fsp3) is 0.317. The van der Waals surface area contributed by atoms with Gasteiger partial charge in [-0.15, -0.1) is 11.8 Å². The fourth-order valence-corrected chi connectivity index (χ4v) is 6.85. The standard InChI is InChI=1S/C41H40F5N3O3S/c1-27-6-15-34-36(22-27)49(39(23-37(34)50)53-26-31-4-3-5-35(42)40(31)43)25-38(51)48(33-16-18-47(19-17-33)20-21-52-2)24-28-7-9-29(10-8-28)30-11-13-32(14-12-30)41(44,45)46/h3-15,22-23,33H,16-21,24-26H2,1-2H3/i2D3,6D,15D,20D2,21D2,22D,23D,25D2. The summed E-state index contributed by atoms with van der Waals surface area (Å²) in [6.07, 6.45) is -4.92. The van der Waals surface area contributed by atoms with E-state index in [9.17, 15) is 29.5 Å². The maximum Gasteiger partial charge on any atom is 0.416 e. The number of carbonyl (C=O) groups is 1. The van der Waals surface area contributed by atoms with Gasteiger partial charge in [0, 0.05) is 64.7 Å². The van der Waals surface area contributed by atoms with Crippen LogP contribution in [-0.4, -0.2) is 59.5 Å². The van der Waals surface area contributed by atoms with E-state index >= 15 is 4.79 Å². The van der Waals surface area contributed by atoms with Gasteiger partial charge in [0.05, 0.1) is 37.7 Å². The van der Waals surface area contributed by atoms with Gasteiger partial charge >= 0.3 is 6.18 Å². The third-order valence-corrected chi connectivity index (χ3v) is 9.68. The van der Waals surface area contributed by atoms with Crippen molar-refractivity contribution in [2.75, 3.05) is 33.2 Å². The summed E-state index contributed by atoms with van der Waals surface area (Å²) in [6.45, 7) is -9.60. The molecule has 0 bridgehead atoms. The zero-order valence-electron chi connectivity index (χ0n) is 41.0. The van der Waals surface area contributed by atoms with Crippen LogP contribution in [0.2, 0.25) is 0 Å². The number of alkyl halides is 3. The number of fused-ring (bicyclic) bond motifs is 1. The van der Waals surface area contributed by atoms with Crippen LogP contribution in [-0.2, 0) is 34.5 Å². The van der Waals surface area contributed by atoms with E-state index in [1.807, 2.05) is 0 Å². The second kappa shape index (κ2) is 16.7. The number of halogens is 5. The van der Waals surface area contributed by atoms with Crippen LogP contribution in [0.15, 0.2) is 101 Å². The second-order valence-corrected chi connectivity index (χ2v) is 13.1. The highest BCUT2D eigenvalue weighted by Gasteiger charge is 2.31. The van der Waals surface area contributed by atoms with Crippen molar-refractivity contribution in [2.24, 2.45) is 0 Å². The van der Waals surface area contributed by atoms with Crippen LogP contribution < -0.4 is 5.43 Å². The summed E-state index contributed by atoms with van der Waals surface area (Å²) in [5, 5.41) is -1.34. The molecular formula is C41H40F5N3O3S. The minimum Gasteiger partial charge on any atom is -0.383 e. The largest absolute Gasteiger partial charge is 0.416 e. The summed E-state index contributed by atoms with van der Waals surface area (Å²) in [5.74, 6) is -4.39. The molecule has 0 aliphatic carbocycles. The zero-order chi connectivity index (χ0) is 49.1. The molecule has 0 radical (unpaired) electrons. The van der Waals surface area contributed by atoms with Crippen molar-refractivity contribution in [3.05, 3.63) is 135 Å². The van der Waals surface area contributed by atoms with Crippen LogP contribution in [0.4, 0.5) is 22.0 Å². The second-order valence-electron chi connectivity index (χ2n) is 12.2. The number of methoxy groups -OCH3 is 1. The number of pyridine rings is 1. The van der Waals surface area contributed by atoms with Gasteiger partial charge in [0.2, 0.25) is 5.91 Å². The van der Waals surface area contributed by atoms with Crippen LogP contribution in [0.25, 0.3) is 22.0 Å². The quantitative estimate of drug-likeness (QED) is 0.0941. The lowest BCUT2D eigenvalue weighted by Crippen LogP contribution is -2.48. The summed E-state index contributed by atoms with van der Waals surface area (Å²) >= 11 is 0.478. The number of ether oxygens (including phenoxy) is 1. The van der Waals surface area contributed by atoms with Crippen LogP contribution in [0, 0.1) is 18.6 Å². The monoisotopic (exact) mass is 762 g/mol. The first-order chi connectivity index (χ1) is 30.5. The van der Waals surface area contributed by atoms with Crippen molar-refractivity contribution in [3.63, 3.8) is 0 Å². The first-order valence-electron chi connectivity index (χ1n) is 22.7. The Morgan fingerprint density at radius 3 is 2.40 bits per heavy atom. The van der Waals surface area contributed by atoms with E-state index < -0.39 is 120 Å². The normalized spacial score (nSPS) is 18.8. The number of hydrogen-bond acceptors (Lipinski definition) is 5. The van der Waals surface area contributed by atoms with Crippen molar-refractivity contribution >= 4 is 28.6 Å². The van der Waals surface area contributed by atoms with E-state index in [0.29, 0.717) is 33.0 Å². The van der Waals surface area contributed by atoms with Gasteiger partial charge < -0.3 is 19.1 Å². The topological polar surface area (TPSA) is 54.8 Å². The van der Waals surface area contributed by atoms with Gasteiger partial charge in [0.15, 0.2) is 17.1 Å². The van der Waals surface area contributed by atoms with Crippen molar-refractivity contribution in [3.8, 4) is 11.1 Å². The summed E-state index contributed by atoms with van der Waals surface area (Å²) in [7, 11) is -3.32. The highest BCUT2D eigenvalue weighted by Crippen LogP contribution is 2.32. The number of benzene rings is 4. The smallest absolute Gasteiger partial charge is 0.383 e. The molecule has 12 heteroatoms. The molecule has 6 rings (SSSR count). The molecule has 0 atom stereocenters. The van der Waals surface area contributed by atoms with Gasteiger partial charge in [0.1, 0.15) is 6.50 Å². The molecule has 0 saturated carbocycles. The average molecular weight is 763 g/mol. The van der Waals surface area contributed by atoms with Gasteiger partial charge in [-0.2, -0.15) is 13.2 Å². The van der Waals surface area contributed by atoms with E-state index in [-0.39, 0.29) is 37.1 Å². The first kappa shape index (κ1) is 24.7. The molecule has 53 heavy (non-hydrogen) atoms. The number of hydrogen-bond donors (Lipinski definition) is 0. The number of carbonyl (C=O) groups excluding carboxylic acids is 1. The third-order valence-electron chi connectivity index (χ3n) is 8.67. The van der Waals surface area contributed by atoms with Crippen molar-refractivity contribution in [2.45, 2.75) is 55.8 Å². The number of nitrogens with zero attached hydrogens (tertiary/aromatic N) is 3. The van der Waals surface area contributed by atoms with Gasteiger partial charge in [-0.1, -0.05) is 54.6 Å². The zero-order valence-corrected chi connectivity index (χ0v) is 28.9. The van der Waals surface area contributed by atoms with Crippen molar-refractivity contribution in [1.29, 1.82) is 0 Å². The summed E-state index contributed by atoms with van der Waals surface area (Å²) in [5.41, 5.74) is -1.94. The molecule has 5 aromatic rings. The molecule has 1 fully saturated rings. The number of aromatic nitrogens is 1. The minimum atomic E-state index is -4.57. The predicted molar refractivity (Wildman–Crippen MR) is 198 cm³/mol. The molecule has 2 heterocycles. The van der Waals surface area contributed by atoms with Crippen LogP contribution in [0.1, 0.15) is 52.9 Å². The van der Waals surface area contributed by atoms with Gasteiger partial charge in [-0.3, -0.25) is 9.59 Å². The summed E-state index contributed by atoms with van der Waals surface area (Å²) in [4.78, 5) is 31.1. The van der Waals surface area contributed by atoms with Crippen LogP contribution in [0.3, 0.4) is 0 Å².